The molecule has 6 nitrogen and oxygen atoms in total. The number of benzene rings is 1. The van der Waals surface area contributed by atoms with E-state index in [4.69, 9.17) is 39.5 Å². The summed E-state index contributed by atoms with van der Waals surface area (Å²) < 4.78 is 4.94. The van der Waals surface area contributed by atoms with Crippen LogP contribution in [0.25, 0.3) is 0 Å². The molecule has 0 saturated carbocycles. The van der Waals surface area contributed by atoms with Crippen molar-refractivity contribution < 1.29 is 19.1 Å². The van der Waals surface area contributed by atoms with Crippen molar-refractivity contribution in [3.8, 4) is 0 Å². The number of piperidine rings is 1. The molecule has 1 aromatic carbocycles. The van der Waals surface area contributed by atoms with Crippen LogP contribution in [0.15, 0.2) is 12.1 Å². The lowest BCUT2D eigenvalue weighted by molar-refractivity contribution is -0.152. The van der Waals surface area contributed by atoms with Crippen molar-refractivity contribution in [2.75, 3.05) is 18.5 Å². The predicted octanol–water partition coefficient (Wildman–Crippen LogP) is 2.65. The Morgan fingerprint density at radius 2 is 1.91 bits per heavy atom. The van der Waals surface area contributed by atoms with E-state index in [0.29, 0.717) is 6.42 Å². The number of carbonyl (C=O) groups is 3. The molecular weight excluding hydrogens is 367 g/mol. The standard InChI is InChI=1S/C14H13Cl3N2O4/c15-8-3-10(17)11(4-9(8)16)19-13(21)6-23-14(22)7-1-2-12(20)18-5-7/h3-4,7H,1-2,5-6H2,(H,18,20)(H,19,21)/t7-/m1/s1. The van der Waals surface area contributed by atoms with Gasteiger partial charge in [-0.2, -0.15) is 0 Å². The number of rotatable bonds is 4. The van der Waals surface area contributed by atoms with Gasteiger partial charge < -0.3 is 15.4 Å². The van der Waals surface area contributed by atoms with Gasteiger partial charge in [0.1, 0.15) is 0 Å². The second kappa shape index (κ2) is 7.86. The Kier molecular flexibility index (Phi) is 6.10. The highest BCUT2D eigenvalue weighted by atomic mass is 35.5. The lowest BCUT2D eigenvalue weighted by Gasteiger charge is -2.20. The molecule has 1 aromatic rings. The third kappa shape index (κ3) is 4.99. The summed E-state index contributed by atoms with van der Waals surface area (Å²) in [6, 6.07) is 2.81. The van der Waals surface area contributed by atoms with Crippen molar-refractivity contribution >= 4 is 58.3 Å². The lowest BCUT2D eigenvalue weighted by atomic mass is 10.00. The summed E-state index contributed by atoms with van der Waals surface area (Å²) in [5.74, 6) is -1.62. The average molecular weight is 380 g/mol. The Labute approximate surface area is 147 Å². The zero-order chi connectivity index (χ0) is 17.0. The Bertz CT molecular complexity index is 641. The first-order chi connectivity index (χ1) is 10.9. The number of hydrogen-bond donors (Lipinski definition) is 2. The molecule has 1 fully saturated rings. The highest BCUT2D eigenvalue weighted by Gasteiger charge is 2.26. The van der Waals surface area contributed by atoms with Crippen molar-refractivity contribution in [2.24, 2.45) is 5.92 Å². The highest BCUT2D eigenvalue weighted by molar-refractivity contribution is 6.44. The Hall–Kier alpha value is -1.50. The first-order valence-corrected chi connectivity index (χ1v) is 7.88. The van der Waals surface area contributed by atoms with Crippen molar-refractivity contribution in [2.45, 2.75) is 12.8 Å². The number of halogens is 3. The molecule has 0 bridgehead atoms. The molecule has 23 heavy (non-hydrogen) atoms. The maximum atomic E-state index is 11.8. The minimum atomic E-state index is -0.557. The minimum absolute atomic E-state index is 0.0962. The third-order valence-corrected chi connectivity index (χ3v) is 4.26. The van der Waals surface area contributed by atoms with Crippen LogP contribution >= 0.6 is 34.8 Å². The molecule has 1 aliphatic rings. The van der Waals surface area contributed by atoms with Crippen LogP contribution in [0.3, 0.4) is 0 Å². The van der Waals surface area contributed by atoms with E-state index in [0.717, 1.165) is 0 Å². The van der Waals surface area contributed by atoms with Gasteiger partial charge in [-0.3, -0.25) is 14.4 Å². The van der Waals surface area contributed by atoms with Gasteiger partial charge in [0, 0.05) is 13.0 Å². The molecule has 0 spiro atoms. The van der Waals surface area contributed by atoms with Crippen LogP contribution in [0, 0.1) is 5.92 Å². The van der Waals surface area contributed by atoms with Crippen molar-refractivity contribution in [1.82, 2.24) is 5.32 Å². The molecule has 2 N–H and O–H groups in total. The van der Waals surface area contributed by atoms with Crippen molar-refractivity contribution in [1.29, 1.82) is 0 Å². The van der Waals surface area contributed by atoms with E-state index in [1.807, 2.05) is 0 Å². The number of carbonyl (C=O) groups excluding carboxylic acids is 3. The molecule has 0 aliphatic carbocycles. The van der Waals surface area contributed by atoms with Crippen LogP contribution in [0.1, 0.15) is 12.8 Å². The van der Waals surface area contributed by atoms with Crippen LogP contribution in [-0.4, -0.2) is 30.9 Å². The highest BCUT2D eigenvalue weighted by Crippen LogP contribution is 2.32. The van der Waals surface area contributed by atoms with Crippen LogP contribution in [0.2, 0.25) is 15.1 Å². The molecule has 0 aromatic heterocycles. The van der Waals surface area contributed by atoms with Gasteiger partial charge in [-0.15, -0.1) is 0 Å². The molecular formula is C14H13Cl3N2O4. The molecule has 0 unspecified atom stereocenters. The Morgan fingerprint density at radius 1 is 1.22 bits per heavy atom. The van der Waals surface area contributed by atoms with Crippen LogP contribution < -0.4 is 10.6 Å². The zero-order valence-electron chi connectivity index (χ0n) is 11.8. The van der Waals surface area contributed by atoms with E-state index in [2.05, 4.69) is 10.6 Å². The number of hydrogen-bond acceptors (Lipinski definition) is 4. The first-order valence-electron chi connectivity index (χ1n) is 6.74. The Morgan fingerprint density at radius 3 is 2.57 bits per heavy atom. The first kappa shape index (κ1) is 17.8. The average Bonchev–Trinajstić information content (AvgIpc) is 2.51. The van der Waals surface area contributed by atoms with E-state index in [9.17, 15) is 14.4 Å². The van der Waals surface area contributed by atoms with E-state index < -0.39 is 24.4 Å². The third-order valence-electron chi connectivity index (χ3n) is 3.23. The van der Waals surface area contributed by atoms with Crippen LogP contribution in [-0.2, 0) is 19.1 Å². The summed E-state index contributed by atoms with van der Waals surface area (Å²) in [4.78, 5) is 34.6. The van der Waals surface area contributed by atoms with Crippen molar-refractivity contribution in [3.63, 3.8) is 0 Å². The summed E-state index contributed by atoms with van der Waals surface area (Å²) in [7, 11) is 0. The molecule has 2 amide bonds. The van der Waals surface area contributed by atoms with E-state index in [1.54, 1.807) is 0 Å². The quantitative estimate of drug-likeness (QED) is 0.622. The van der Waals surface area contributed by atoms with Gasteiger partial charge >= 0.3 is 5.97 Å². The van der Waals surface area contributed by atoms with Crippen LogP contribution in [0.5, 0.6) is 0 Å². The molecule has 124 valence electrons. The molecule has 0 radical (unpaired) electrons. The maximum Gasteiger partial charge on any atom is 0.311 e. The molecule has 1 atom stereocenters. The summed E-state index contributed by atoms with van der Waals surface area (Å²) in [6.07, 6.45) is 0.676. The fraction of sp³-hybridized carbons (Fsp3) is 0.357. The summed E-state index contributed by atoms with van der Waals surface area (Å²) in [5.41, 5.74) is 0.270. The van der Waals surface area contributed by atoms with Gasteiger partial charge in [0.15, 0.2) is 6.61 Å². The van der Waals surface area contributed by atoms with Crippen LogP contribution in [0.4, 0.5) is 5.69 Å². The minimum Gasteiger partial charge on any atom is -0.455 e. The number of anilines is 1. The molecule has 9 heteroatoms. The van der Waals surface area contributed by atoms with E-state index in [-0.39, 0.29) is 39.6 Å². The lowest BCUT2D eigenvalue weighted by Crippen LogP contribution is -2.39. The number of ether oxygens (including phenoxy) is 1. The summed E-state index contributed by atoms with van der Waals surface area (Å²) in [6.45, 7) is -0.238. The zero-order valence-corrected chi connectivity index (χ0v) is 14.1. The van der Waals surface area contributed by atoms with Gasteiger partial charge in [-0.25, -0.2) is 0 Å². The fourth-order valence-electron chi connectivity index (χ4n) is 1.99. The SMILES string of the molecule is O=C1CC[C@@H](C(=O)OCC(=O)Nc2cc(Cl)c(Cl)cc2Cl)CN1. The van der Waals surface area contributed by atoms with Gasteiger partial charge in [-0.05, 0) is 18.6 Å². The molecule has 1 aliphatic heterocycles. The van der Waals surface area contributed by atoms with Gasteiger partial charge in [0.05, 0.1) is 26.7 Å². The summed E-state index contributed by atoms with van der Waals surface area (Å²) >= 11 is 17.6. The van der Waals surface area contributed by atoms with E-state index in [1.165, 1.54) is 12.1 Å². The second-order valence-electron chi connectivity index (χ2n) is 4.94. The molecule has 1 saturated heterocycles. The molecule has 2 rings (SSSR count). The number of amides is 2. The maximum absolute atomic E-state index is 11.8. The normalized spacial score (nSPS) is 17.3. The smallest absolute Gasteiger partial charge is 0.311 e. The summed E-state index contributed by atoms with van der Waals surface area (Å²) in [5, 5.41) is 5.78. The van der Waals surface area contributed by atoms with Gasteiger partial charge in [0.25, 0.3) is 5.91 Å². The van der Waals surface area contributed by atoms with Gasteiger partial charge in [-0.1, -0.05) is 34.8 Å². The van der Waals surface area contributed by atoms with Crippen molar-refractivity contribution in [3.05, 3.63) is 27.2 Å². The largest absolute Gasteiger partial charge is 0.455 e. The topological polar surface area (TPSA) is 84.5 Å². The monoisotopic (exact) mass is 378 g/mol. The predicted molar refractivity (Wildman–Crippen MR) is 86.8 cm³/mol. The second-order valence-corrected chi connectivity index (χ2v) is 6.16. The van der Waals surface area contributed by atoms with Gasteiger partial charge in [0.2, 0.25) is 5.91 Å². The fourth-order valence-corrected chi connectivity index (χ4v) is 2.59. The molecule has 1 heterocycles. The Balaban J connectivity index is 1.84. The van der Waals surface area contributed by atoms with E-state index >= 15 is 0 Å². The number of esters is 1. The number of nitrogens with one attached hydrogen (secondary N) is 2.